The van der Waals surface area contributed by atoms with E-state index < -0.39 is 0 Å². The molecule has 2 atom stereocenters. The maximum Gasteiger partial charge on any atom is 0.115 e. The predicted octanol–water partition coefficient (Wildman–Crippen LogP) is 2.08. The molecule has 2 rings (SSSR count). The van der Waals surface area contributed by atoms with Crippen molar-refractivity contribution in [3.8, 4) is 5.75 Å². The molecular formula is C13H19NO2. The number of hydrogen-bond acceptors (Lipinski definition) is 3. The molecule has 1 saturated heterocycles. The van der Waals surface area contributed by atoms with Gasteiger partial charge in [-0.15, -0.1) is 0 Å². The van der Waals surface area contributed by atoms with Gasteiger partial charge in [0.25, 0.3) is 0 Å². The molecule has 1 heterocycles. The highest BCUT2D eigenvalue weighted by Gasteiger charge is 2.24. The van der Waals surface area contributed by atoms with Gasteiger partial charge >= 0.3 is 0 Å². The van der Waals surface area contributed by atoms with Crippen LogP contribution in [0, 0.1) is 5.92 Å². The van der Waals surface area contributed by atoms with E-state index in [4.69, 9.17) is 4.74 Å². The molecule has 1 aliphatic rings. The van der Waals surface area contributed by atoms with Gasteiger partial charge in [-0.3, -0.25) is 0 Å². The monoisotopic (exact) mass is 221 g/mol. The second kappa shape index (κ2) is 5.32. The summed E-state index contributed by atoms with van der Waals surface area (Å²) in [7, 11) is 1.98. The van der Waals surface area contributed by atoms with Gasteiger partial charge in [0, 0.05) is 18.6 Å². The molecule has 0 aliphatic carbocycles. The van der Waals surface area contributed by atoms with Crippen molar-refractivity contribution in [3.05, 3.63) is 29.8 Å². The van der Waals surface area contributed by atoms with Crippen molar-refractivity contribution in [1.29, 1.82) is 0 Å². The minimum Gasteiger partial charge on any atom is -0.508 e. The number of hydrogen-bond donors (Lipinski definition) is 2. The van der Waals surface area contributed by atoms with Gasteiger partial charge in [-0.05, 0) is 37.6 Å². The zero-order valence-electron chi connectivity index (χ0n) is 9.65. The fraction of sp³-hybridized carbons (Fsp3) is 0.538. The van der Waals surface area contributed by atoms with E-state index in [0.717, 1.165) is 19.6 Å². The molecule has 3 heteroatoms. The van der Waals surface area contributed by atoms with Crippen molar-refractivity contribution >= 4 is 0 Å². The van der Waals surface area contributed by atoms with Crippen LogP contribution in [-0.2, 0) is 4.74 Å². The third-order valence-electron chi connectivity index (χ3n) is 3.23. The number of ether oxygens (including phenoxy) is 1. The third kappa shape index (κ3) is 2.54. The van der Waals surface area contributed by atoms with Crippen molar-refractivity contribution < 1.29 is 9.84 Å². The minimum atomic E-state index is 0.318. The summed E-state index contributed by atoms with van der Waals surface area (Å²) in [5.74, 6) is 0.849. The summed E-state index contributed by atoms with van der Waals surface area (Å²) in [4.78, 5) is 0. The van der Waals surface area contributed by atoms with Crippen molar-refractivity contribution in [1.82, 2.24) is 5.32 Å². The highest BCUT2D eigenvalue weighted by atomic mass is 16.5. The smallest absolute Gasteiger partial charge is 0.115 e. The predicted molar refractivity (Wildman–Crippen MR) is 63.5 cm³/mol. The molecule has 0 aromatic heterocycles. The van der Waals surface area contributed by atoms with E-state index in [1.54, 1.807) is 12.1 Å². The van der Waals surface area contributed by atoms with Crippen LogP contribution in [-0.4, -0.2) is 25.4 Å². The number of benzene rings is 1. The lowest BCUT2D eigenvalue weighted by atomic mass is 9.89. The fourth-order valence-electron chi connectivity index (χ4n) is 2.38. The van der Waals surface area contributed by atoms with E-state index >= 15 is 0 Å². The van der Waals surface area contributed by atoms with Gasteiger partial charge in [-0.2, -0.15) is 0 Å². The van der Waals surface area contributed by atoms with Crippen LogP contribution in [0.1, 0.15) is 24.4 Å². The number of aromatic hydroxyl groups is 1. The maximum atomic E-state index is 9.28. The number of nitrogens with one attached hydrogen (secondary N) is 1. The van der Waals surface area contributed by atoms with Gasteiger partial charge in [0.15, 0.2) is 0 Å². The van der Waals surface area contributed by atoms with Gasteiger partial charge in [0.1, 0.15) is 5.75 Å². The molecule has 1 aliphatic heterocycles. The molecule has 3 nitrogen and oxygen atoms in total. The number of rotatable bonds is 3. The Balaban J connectivity index is 2.11. The largest absolute Gasteiger partial charge is 0.508 e. The van der Waals surface area contributed by atoms with Gasteiger partial charge in [0.05, 0.1) is 6.61 Å². The quantitative estimate of drug-likeness (QED) is 0.821. The number of phenolic OH excluding ortho intramolecular Hbond substituents is 1. The zero-order chi connectivity index (χ0) is 11.4. The summed E-state index contributed by atoms with van der Waals surface area (Å²) in [5, 5.41) is 12.6. The maximum absolute atomic E-state index is 9.28. The second-order valence-electron chi connectivity index (χ2n) is 4.34. The molecule has 0 radical (unpaired) electrons. The summed E-state index contributed by atoms with van der Waals surface area (Å²) in [5.41, 5.74) is 1.22. The molecule has 2 unspecified atom stereocenters. The first-order valence-corrected chi connectivity index (χ1v) is 5.85. The molecule has 1 aromatic rings. The van der Waals surface area contributed by atoms with Crippen molar-refractivity contribution in [2.24, 2.45) is 5.92 Å². The second-order valence-corrected chi connectivity index (χ2v) is 4.34. The topological polar surface area (TPSA) is 41.5 Å². The molecule has 88 valence electrons. The van der Waals surface area contributed by atoms with E-state index in [1.165, 1.54) is 12.0 Å². The lowest BCUT2D eigenvalue weighted by molar-refractivity contribution is 0.0402. The van der Waals surface area contributed by atoms with Gasteiger partial charge in [-0.1, -0.05) is 12.1 Å². The molecule has 0 saturated carbocycles. The Bertz CT molecular complexity index is 317. The normalized spacial score (nSPS) is 22.9. The Morgan fingerprint density at radius 1 is 1.38 bits per heavy atom. The summed E-state index contributed by atoms with van der Waals surface area (Å²) in [6.07, 6.45) is 2.34. The summed E-state index contributed by atoms with van der Waals surface area (Å²) in [6, 6.07) is 7.75. The molecule has 2 N–H and O–H groups in total. The highest BCUT2D eigenvalue weighted by Crippen LogP contribution is 2.29. The Labute approximate surface area is 96.4 Å². The average Bonchev–Trinajstić information content (AvgIpc) is 2.34. The van der Waals surface area contributed by atoms with Crippen molar-refractivity contribution in [2.45, 2.75) is 18.9 Å². The molecule has 0 spiro atoms. The Morgan fingerprint density at radius 3 is 2.69 bits per heavy atom. The summed E-state index contributed by atoms with van der Waals surface area (Å²) in [6.45, 7) is 1.72. The molecule has 1 aromatic carbocycles. The molecule has 0 amide bonds. The van der Waals surface area contributed by atoms with Crippen LogP contribution >= 0.6 is 0 Å². The van der Waals surface area contributed by atoms with E-state index in [9.17, 15) is 5.11 Å². The van der Waals surface area contributed by atoms with Crippen LogP contribution < -0.4 is 5.32 Å². The Morgan fingerprint density at radius 2 is 2.12 bits per heavy atom. The van der Waals surface area contributed by atoms with Crippen molar-refractivity contribution in [2.75, 3.05) is 20.3 Å². The van der Waals surface area contributed by atoms with E-state index in [1.807, 2.05) is 19.2 Å². The first-order chi connectivity index (χ1) is 7.81. The lowest BCUT2D eigenvalue weighted by Crippen LogP contribution is -2.31. The summed E-state index contributed by atoms with van der Waals surface area (Å²) >= 11 is 0. The summed E-state index contributed by atoms with van der Waals surface area (Å²) < 4.78 is 5.52. The first-order valence-electron chi connectivity index (χ1n) is 5.85. The molecular weight excluding hydrogens is 202 g/mol. The lowest BCUT2D eigenvalue weighted by Gasteiger charge is -2.30. The van der Waals surface area contributed by atoms with E-state index in [0.29, 0.717) is 17.7 Å². The highest BCUT2D eigenvalue weighted by molar-refractivity contribution is 5.28. The molecule has 1 fully saturated rings. The number of phenols is 1. The minimum absolute atomic E-state index is 0.318. The van der Waals surface area contributed by atoms with Crippen LogP contribution in [0.5, 0.6) is 5.75 Å². The van der Waals surface area contributed by atoms with Crippen LogP contribution in [0.25, 0.3) is 0 Å². The van der Waals surface area contributed by atoms with Crippen LogP contribution in [0.2, 0.25) is 0 Å². The molecule has 0 bridgehead atoms. The van der Waals surface area contributed by atoms with Crippen molar-refractivity contribution in [3.63, 3.8) is 0 Å². The van der Waals surface area contributed by atoms with Crippen LogP contribution in [0.15, 0.2) is 24.3 Å². The van der Waals surface area contributed by atoms with Gasteiger partial charge in [0.2, 0.25) is 0 Å². The third-order valence-corrected chi connectivity index (χ3v) is 3.23. The average molecular weight is 221 g/mol. The molecule has 16 heavy (non-hydrogen) atoms. The van der Waals surface area contributed by atoms with E-state index in [2.05, 4.69) is 5.32 Å². The fourth-order valence-corrected chi connectivity index (χ4v) is 2.38. The van der Waals surface area contributed by atoms with E-state index in [-0.39, 0.29) is 0 Å². The Hall–Kier alpha value is -1.06. The first kappa shape index (κ1) is 11.4. The Kier molecular flexibility index (Phi) is 3.80. The van der Waals surface area contributed by atoms with Gasteiger partial charge < -0.3 is 15.2 Å². The van der Waals surface area contributed by atoms with Crippen LogP contribution in [0.3, 0.4) is 0 Å². The van der Waals surface area contributed by atoms with Gasteiger partial charge in [-0.25, -0.2) is 0 Å². The van der Waals surface area contributed by atoms with Crippen LogP contribution in [0.4, 0.5) is 0 Å². The SMILES string of the molecule is CNC(c1ccc(O)cc1)C1CCCOC1. The zero-order valence-corrected chi connectivity index (χ0v) is 9.65. The standard InChI is InChI=1S/C13H19NO2/c1-14-13(11-3-2-8-16-9-11)10-4-6-12(15)7-5-10/h4-7,11,13-15H,2-3,8-9H2,1H3.